The SMILES string of the molecule is CC(C)(COC(=O)c1ccccc1)C(=O)Oc1ccc(CC(N)C(=O)O)cc1OC(=O)C(C)(C)COC(=O)c1ccccc1.Cl. The summed E-state index contributed by atoms with van der Waals surface area (Å²) in [7, 11) is 0. The zero-order valence-electron chi connectivity index (χ0n) is 25.3. The molecule has 0 fully saturated rings. The molecular weight excluding hydrogens is 606 g/mol. The molecule has 0 aliphatic rings. The summed E-state index contributed by atoms with van der Waals surface area (Å²) < 4.78 is 21.8. The van der Waals surface area contributed by atoms with Gasteiger partial charge in [-0.05, 0) is 76.1 Å². The molecule has 0 saturated heterocycles. The third-order valence-electron chi connectivity index (χ3n) is 6.44. The normalized spacial score (nSPS) is 11.8. The van der Waals surface area contributed by atoms with Crippen LogP contribution in [0.1, 0.15) is 54.0 Å². The van der Waals surface area contributed by atoms with E-state index >= 15 is 0 Å². The highest BCUT2D eigenvalue weighted by molar-refractivity contribution is 5.90. The summed E-state index contributed by atoms with van der Waals surface area (Å²) in [6, 6.07) is 19.5. The Morgan fingerprint density at radius 3 is 1.53 bits per heavy atom. The molecule has 0 amide bonds. The van der Waals surface area contributed by atoms with Gasteiger partial charge in [-0.2, -0.15) is 0 Å². The molecule has 0 saturated carbocycles. The molecular formula is C33H36ClNO10. The predicted molar refractivity (Wildman–Crippen MR) is 165 cm³/mol. The number of carbonyl (C=O) groups excluding carboxylic acids is 4. The van der Waals surface area contributed by atoms with Gasteiger partial charge in [0, 0.05) is 0 Å². The molecule has 0 heterocycles. The molecule has 3 rings (SSSR count). The number of carboxylic acids is 1. The van der Waals surface area contributed by atoms with Crippen LogP contribution in [0.5, 0.6) is 11.5 Å². The standard InChI is InChI=1S/C33H35NO10.ClH/c1-32(2,19-41-28(37)22-11-7-5-8-12-22)30(39)43-25-16-15-21(17-24(34)27(35)36)18-26(25)44-31(40)33(3,4)20-42-29(38)23-13-9-6-10-14-23;/h5-16,18,24H,17,19-20,34H2,1-4H3,(H,35,36);1H. The number of carbonyl (C=O) groups is 5. The Hall–Kier alpha value is -4.74. The van der Waals surface area contributed by atoms with E-state index in [4.69, 9.17) is 24.7 Å². The first kappa shape index (κ1) is 36.5. The van der Waals surface area contributed by atoms with Gasteiger partial charge < -0.3 is 29.8 Å². The van der Waals surface area contributed by atoms with Crippen molar-refractivity contribution in [3.63, 3.8) is 0 Å². The van der Waals surface area contributed by atoms with Gasteiger partial charge in [-0.25, -0.2) is 9.59 Å². The van der Waals surface area contributed by atoms with Crippen LogP contribution in [0.15, 0.2) is 78.9 Å². The van der Waals surface area contributed by atoms with E-state index in [-0.39, 0.29) is 43.5 Å². The second kappa shape index (κ2) is 15.8. The summed E-state index contributed by atoms with van der Waals surface area (Å²) in [5, 5.41) is 9.22. The largest absolute Gasteiger partial charge is 0.480 e. The quantitative estimate of drug-likeness (QED) is 0.197. The zero-order chi connectivity index (χ0) is 32.5. The second-order valence-electron chi connectivity index (χ2n) is 11.4. The highest BCUT2D eigenvalue weighted by atomic mass is 35.5. The van der Waals surface area contributed by atoms with E-state index in [1.165, 1.54) is 45.9 Å². The number of aliphatic carboxylic acids is 1. The summed E-state index contributed by atoms with van der Waals surface area (Å²) in [5.41, 5.74) is 4.07. The maximum Gasteiger partial charge on any atom is 0.338 e. The maximum absolute atomic E-state index is 13.2. The molecule has 0 aromatic heterocycles. The van der Waals surface area contributed by atoms with Gasteiger partial charge in [0.1, 0.15) is 19.3 Å². The first-order valence-corrected chi connectivity index (χ1v) is 13.7. The van der Waals surface area contributed by atoms with Gasteiger partial charge in [-0.15, -0.1) is 12.4 Å². The average molecular weight is 642 g/mol. The van der Waals surface area contributed by atoms with E-state index in [0.29, 0.717) is 16.7 Å². The maximum atomic E-state index is 13.2. The summed E-state index contributed by atoms with van der Waals surface area (Å²) >= 11 is 0. The lowest BCUT2D eigenvalue weighted by Gasteiger charge is -2.25. The number of halogens is 1. The zero-order valence-corrected chi connectivity index (χ0v) is 26.1. The van der Waals surface area contributed by atoms with Crippen molar-refractivity contribution in [3.8, 4) is 11.5 Å². The topological polar surface area (TPSA) is 169 Å². The fourth-order valence-electron chi connectivity index (χ4n) is 3.59. The molecule has 3 aromatic carbocycles. The Morgan fingerprint density at radius 1 is 0.689 bits per heavy atom. The molecule has 3 N–H and O–H groups in total. The molecule has 1 unspecified atom stereocenters. The summed E-state index contributed by atoms with van der Waals surface area (Å²) in [4.78, 5) is 62.5. The molecule has 0 bridgehead atoms. The van der Waals surface area contributed by atoms with Gasteiger partial charge in [0.25, 0.3) is 0 Å². The number of rotatable bonds is 13. The molecule has 1 atom stereocenters. The van der Waals surface area contributed by atoms with Gasteiger partial charge in [0.2, 0.25) is 0 Å². The van der Waals surface area contributed by atoms with Crippen molar-refractivity contribution in [2.75, 3.05) is 13.2 Å². The smallest absolute Gasteiger partial charge is 0.338 e. The van der Waals surface area contributed by atoms with Crippen LogP contribution in [0.25, 0.3) is 0 Å². The van der Waals surface area contributed by atoms with Crippen LogP contribution in [-0.4, -0.2) is 54.2 Å². The summed E-state index contributed by atoms with van der Waals surface area (Å²) in [5.74, 6) is -4.40. The van der Waals surface area contributed by atoms with Crippen molar-refractivity contribution in [2.45, 2.75) is 40.2 Å². The minimum atomic E-state index is -1.33. The summed E-state index contributed by atoms with van der Waals surface area (Å²) in [6.45, 7) is 5.42. The first-order chi connectivity index (χ1) is 20.7. The average Bonchev–Trinajstić information content (AvgIpc) is 3.00. The lowest BCUT2D eigenvalue weighted by atomic mass is 9.95. The molecule has 12 heteroatoms. The first-order valence-electron chi connectivity index (χ1n) is 13.7. The minimum absolute atomic E-state index is 0. The van der Waals surface area contributed by atoms with Crippen molar-refractivity contribution < 1.29 is 48.0 Å². The van der Waals surface area contributed by atoms with E-state index < -0.39 is 46.7 Å². The number of hydrogen-bond donors (Lipinski definition) is 2. The molecule has 0 aliphatic heterocycles. The Bertz CT molecular complexity index is 1510. The highest BCUT2D eigenvalue weighted by Crippen LogP contribution is 2.33. The van der Waals surface area contributed by atoms with E-state index in [9.17, 15) is 29.1 Å². The van der Waals surface area contributed by atoms with Crippen LogP contribution in [0.4, 0.5) is 0 Å². The van der Waals surface area contributed by atoms with Gasteiger partial charge >= 0.3 is 29.8 Å². The fraction of sp³-hybridized carbons (Fsp3) is 0.303. The summed E-state index contributed by atoms with van der Waals surface area (Å²) in [6.07, 6.45) is -0.104. The van der Waals surface area contributed by atoms with Crippen LogP contribution < -0.4 is 15.2 Å². The molecule has 0 radical (unpaired) electrons. The van der Waals surface area contributed by atoms with Gasteiger partial charge in [-0.1, -0.05) is 42.5 Å². The Kier molecular flexibility index (Phi) is 12.8. The van der Waals surface area contributed by atoms with Crippen LogP contribution in [-0.2, 0) is 30.3 Å². The van der Waals surface area contributed by atoms with Crippen molar-refractivity contribution in [1.82, 2.24) is 0 Å². The third kappa shape index (κ3) is 10.4. The van der Waals surface area contributed by atoms with Crippen molar-refractivity contribution in [2.24, 2.45) is 16.6 Å². The van der Waals surface area contributed by atoms with Crippen molar-refractivity contribution in [3.05, 3.63) is 95.6 Å². The van der Waals surface area contributed by atoms with Gasteiger partial charge in [0.05, 0.1) is 22.0 Å². The molecule has 240 valence electrons. The lowest BCUT2D eigenvalue weighted by molar-refractivity contribution is -0.149. The molecule has 11 nitrogen and oxygen atoms in total. The number of carboxylic acid groups (broad SMARTS) is 1. The van der Waals surface area contributed by atoms with Crippen LogP contribution in [0.3, 0.4) is 0 Å². The minimum Gasteiger partial charge on any atom is -0.480 e. The second-order valence-corrected chi connectivity index (χ2v) is 11.4. The van der Waals surface area contributed by atoms with Crippen molar-refractivity contribution in [1.29, 1.82) is 0 Å². The lowest BCUT2D eigenvalue weighted by Crippen LogP contribution is -2.36. The van der Waals surface area contributed by atoms with Crippen LogP contribution in [0, 0.1) is 10.8 Å². The number of nitrogens with two attached hydrogens (primary N) is 1. The highest BCUT2D eigenvalue weighted by Gasteiger charge is 2.35. The molecule has 45 heavy (non-hydrogen) atoms. The van der Waals surface area contributed by atoms with Crippen LogP contribution in [0.2, 0.25) is 0 Å². The Labute approximate surface area is 267 Å². The Morgan fingerprint density at radius 2 is 1.11 bits per heavy atom. The van der Waals surface area contributed by atoms with Gasteiger partial charge in [-0.3, -0.25) is 14.4 Å². The molecule has 0 spiro atoms. The number of benzene rings is 3. The van der Waals surface area contributed by atoms with E-state index in [1.54, 1.807) is 60.7 Å². The third-order valence-corrected chi connectivity index (χ3v) is 6.44. The molecule has 3 aromatic rings. The van der Waals surface area contributed by atoms with E-state index in [0.717, 1.165) is 0 Å². The van der Waals surface area contributed by atoms with E-state index in [2.05, 4.69) is 0 Å². The van der Waals surface area contributed by atoms with E-state index in [1.807, 2.05) is 0 Å². The monoisotopic (exact) mass is 641 g/mol. The van der Waals surface area contributed by atoms with Gasteiger partial charge in [0.15, 0.2) is 11.5 Å². The molecule has 0 aliphatic carbocycles. The fourth-order valence-corrected chi connectivity index (χ4v) is 3.59. The number of ether oxygens (including phenoxy) is 4. The number of esters is 4. The van der Waals surface area contributed by atoms with Crippen LogP contribution >= 0.6 is 12.4 Å². The van der Waals surface area contributed by atoms with Crippen molar-refractivity contribution >= 4 is 42.3 Å². The number of hydrogen-bond acceptors (Lipinski definition) is 10. The Balaban J connectivity index is 0.00000705. The predicted octanol–water partition coefficient (Wildman–Crippen LogP) is 4.64.